The van der Waals surface area contributed by atoms with Gasteiger partial charge in [-0.3, -0.25) is 0 Å². The average molecular weight is 329 g/mol. The Bertz CT molecular complexity index is 702. The standard InChI is InChI=1S/C18H21ClN2Si/c1-18(2,3)22(4,5)13-12-16-10-11-17(21-20-16)14-6-8-15(19)9-7-14/h6-11H,1-5H3. The van der Waals surface area contributed by atoms with E-state index in [0.717, 1.165) is 17.0 Å². The Morgan fingerprint density at radius 1 is 0.955 bits per heavy atom. The Hall–Kier alpha value is -1.63. The Labute approximate surface area is 138 Å². The van der Waals surface area contributed by atoms with Crippen LogP contribution in [0, 0.1) is 11.5 Å². The highest BCUT2D eigenvalue weighted by atomic mass is 35.5. The molecule has 0 saturated carbocycles. The minimum absolute atomic E-state index is 0.247. The van der Waals surface area contributed by atoms with Crippen LogP contribution in [0.2, 0.25) is 23.2 Å². The van der Waals surface area contributed by atoms with Crippen molar-refractivity contribution in [2.75, 3.05) is 0 Å². The SMILES string of the molecule is CC(C)(C)[Si](C)(C)C#Cc1ccc(-c2ccc(Cl)cc2)nn1. The molecule has 2 nitrogen and oxygen atoms in total. The van der Waals surface area contributed by atoms with Gasteiger partial charge in [0.05, 0.1) is 5.69 Å². The van der Waals surface area contributed by atoms with E-state index >= 15 is 0 Å². The Balaban J connectivity index is 2.22. The summed E-state index contributed by atoms with van der Waals surface area (Å²) in [5, 5.41) is 9.45. The second-order valence-electron chi connectivity index (χ2n) is 6.94. The van der Waals surface area contributed by atoms with Crippen LogP contribution in [0.3, 0.4) is 0 Å². The third-order valence-corrected chi connectivity index (χ3v) is 8.93. The molecule has 0 aliphatic heterocycles. The Morgan fingerprint density at radius 3 is 2.09 bits per heavy atom. The lowest BCUT2D eigenvalue weighted by atomic mass is 10.1. The first-order valence-electron chi connectivity index (χ1n) is 7.32. The van der Waals surface area contributed by atoms with Gasteiger partial charge in [-0.1, -0.05) is 63.5 Å². The molecule has 2 rings (SSSR count). The van der Waals surface area contributed by atoms with E-state index in [4.69, 9.17) is 11.6 Å². The van der Waals surface area contributed by atoms with Crippen molar-refractivity contribution >= 4 is 19.7 Å². The molecule has 0 unspecified atom stereocenters. The first-order valence-corrected chi connectivity index (χ1v) is 10.7. The minimum Gasteiger partial charge on any atom is -0.149 e. The topological polar surface area (TPSA) is 25.8 Å². The first kappa shape index (κ1) is 16.7. The predicted molar refractivity (Wildman–Crippen MR) is 96.6 cm³/mol. The first-order chi connectivity index (χ1) is 10.2. The summed E-state index contributed by atoms with van der Waals surface area (Å²) in [6.07, 6.45) is 0. The molecule has 1 heterocycles. The van der Waals surface area contributed by atoms with Crippen molar-refractivity contribution in [1.29, 1.82) is 0 Å². The molecule has 22 heavy (non-hydrogen) atoms. The summed E-state index contributed by atoms with van der Waals surface area (Å²) in [4.78, 5) is 0. The summed E-state index contributed by atoms with van der Waals surface area (Å²) in [6, 6.07) is 11.5. The van der Waals surface area contributed by atoms with Gasteiger partial charge in [0.1, 0.15) is 13.8 Å². The van der Waals surface area contributed by atoms with Crippen LogP contribution in [0.4, 0.5) is 0 Å². The van der Waals surface area contributed by atoms with E-state index in [9.17, 15) is 0 Å². The monoisotopic (exact) mass is 328 g/mol. The lowest BCUT2D eigenvalue weighted by Crippen LogP contribution is -2.35. The van der Waals surface area contributed by atoms with Crippen LogP contribution in [0.25, 0.3) is 11.3 Å². The van der Waals surface area contributed by atoms with Crippen LogP contribution >= 0.6 is 11.6 Å². The largest absolute Gasteiger partial charge is 0.149 e. The van der Waals surface area contributed by atoms with Crippen LogP contribution < -0.4 is 0 Å². The molecule has 0 fully saturated rings. The third-order valence-electron chi connectivity index (χ3n) is 4.18. The normalized spacial score (nSPS) is 11.7. The van der Waals surface area contributed by atoms with Crippen LogP contribution in [0.15, 0.2) is 36.4 Å². The van der Waals surface area contributed by atoms with Gasteiger partial charge < -0.3 is 0 Å². The summed E-state index contributed by atoms with van der Waals surface area (Å²) >= 11 is 5.89. The number of rotatable bonds is 1. The Kier molecular flexibility index (Phi) is 4.74. The molecule has 0 radical (unpaired) electrons. The zero-order valence-electron chi connectivity index (χ0n) is 13.7. The van der Waals surface area contributed by atoms with Crippen molar-refractivity contribution in [3.63, 3.8) is 0 Å². The fraction of sp³-hybridized carbons (Fsp3) is 0.333. The fourth-order valence-corrected chi connectivity index (χ4v) is 2.52. The van der Waals surface area contributed by atoms with Gasteiger partial charge in [-0.2, -0.15) is 0 Å². The highest BCUT2D eigenvalue weighted by Crippen LogP contribution is 2.35. The zero-order chi connectivity index (χ0) is 16.4. The molecule has 0 atom stereocenters. The van der Waals surface area contributed by atoms with E-state index in [2.05, 4.69) is 55.5 Å². The molecule has 0 bridgehead atoms. The van der Waals surface area contributed by atoms with E-state index in [-0.39, 0.29) is 5.04 Å². The number of halogens is 1. The highest BCUT2D eigenvalue weighted by Gasteiger charge is 2.33. The average Bonchev–Trinajstić information content (AvgIpc) is 2.45. The number of hydrogen-bond donors (Lipinski definition) is 0. The van der Waals surface area contributed by atoms with Crippen molar-refractivity contribution < 1.29 is 0 Å². The molecule has 4 heteroatoms. The maximum absolute atomic E-state index is 5.89. The van der Waals surface area contributed by atoms with Crippen molar-refractivity contribution in [3.8, 4) is 22.7 Å². The van der Waals surface area contributed by atoms with Gasteiger partial charge >= 0.3 is 0 Å². The molecule has 1 aromatic heterocycles. The molecule has 0 N–H and O–H groups in total. The summed E-state index contributed by atoms with van der Waals surface area (Å²) in [6.45, 7) is 11.3. The van der Waals surface area contributed by atoms with Gasteiger partial charge in [-0.15, -0.1) is 15.7 Å². The predicted octanol–water partition coefficient (Wildman–Crippen LogP) is 5.20. The quantitative estimate of drug-likeness (QED) is 0.531. The minimum atomic E-state index is -1.62. The van der Waals surface area contributed by atoms with Crippen LogP contribution in [-0.2, 0) is 0 Å². The van der Waals surface area contributed by atoms with Gasteiger partial charge in [0.2, 0.25) is 0 Å². The lowest BCUT2D eigenvalue weighted by Gasteiger charge is -2.31. The molecule has 114 valence electrons. The maximum Gasteiger partial charge on any atom is 0.138 e. The molecule has 0 aliphatic rings. The van der Waals surface area contributed by atoms with Crippen LogP contribution in [-0.4, -0.2) is 18.3 Å². The van der Waals surface area contributed by atoms with Gasteiger partial charge in [0.15, 0.2) is 0 Å². The summed E-state index contributed by atoms with van der Waals surface area (Å²) in [5.41, 5.74) is 6.00. The number of nitrogens with zero attached hydrogens (tertiary/aromatic N) is 2. The van der Waals surface area contributed by atoms with Gasteiger partial charge in [-0.25, -0.2) is 0 Å². The van der Waals surface area contributed by atoms with Crippen molar-refractivity contribution in [1.82, 2.24) is 10.2 Å². The second kappa shape index (κ2) is 6.24. The smallest absolute Gasteiger partial charge is 0.138 e. The number of hydrogen-bond acceptors (Lipinski definition) is 2. The highest BCUT2D eigenvalue weighted by molar-refractivity contribution is 6.87. The van der Waals surface area contributed by atoms with Gasteiger partial charge in [0.25, 0.3) is 0 Å². The summed E-state index contributed by atoms with van der Waals surface area (Å²) in [5.74, 6) is 3.20. The lowest BCUT2D eigenvalue weighted by molar-refractivity contribution is 0.731. The van der Waals surface area contributed by atoms with E-state index in [1.807, 2.05) is 36.4 Å². The molecule has 0 saturated heterocycles. The van der Waals surface area contributed by atoms with Crippen molar-refractivity contribution in [3.05, 3.63) is 47.1 Å². The summed E-state index contributed by atoms with van der Waals surface area (Å²) in [7, 11) is -1.62. The third kappa shape index (κ3) is 3.97. The van der Waals surface area contributed by atoms with Crippen molar-refractivity contribution in [2.45, 2.75) is 38.9 Å². The van der Waals surface area contributed by atoms with Gasteiger partial charge in [0, 0.05) is 10.6 Å². The van der Waals surface area contributed by atoms with Crippen LogP contribution in [0.5, 0.6) is 0 Å². The van der Waals surface area contributed by atoms with E-state index in [1.54, 1.807) is 0 Å². The molecule has 1 aromatic carbocycles. The second-order valence-corrected chi connectivity index (χ2v) is 12.4. The fourth-order valence-electron chi connectivity index (χ4n) is 1.58. The van der Waals surface area contributed by atoms with Crippen LogP contribution in [0.1, 0.15) is 26.5 Å². The Morgan fingerprint density at radius 2 is 1.59 bits per heavy atom. The number of aromatic nitrogens is 2. The van der Waals surface area contributed by atoms with Gasteiger partial charge in [-0.05, 0) is 29.3 Å². The van der Waals surface area contributed by atoms with Crippen molar-refractivity contribution in [2.24, 2.45) is 0 Å². The maximum atomic E-state index is 5.89. The molecule has 0 aliphatic carbocycles. The molecule has 0 spiro atoms. The molecule has 2 aromatic rings. The zero-order valence-corrected chi connectivity index (χ0v) is 15.5. The van der Waals surface area contributed by atoms with E-state index in [0.29, 0.717) is 5.02 Å². The molecular weight excluding hydrogens is 308 g/mol. The summed E-state index contributed by atoms with van der Waals surface area (Å²) < 4.78 is 0. The van der Waals surface area contributed by atoms with E-state index in [1.165, 1.54) is 0 Å². The molecule has 0 amide bonds. The number of benzene rings is 1. The van der Waals surface area contributed by atoms with E-state index < -0.39 is 8.07 Å². The molecular formula is C18H21ClN2Si.